The van der Waals surface area contributed by atoms with Gasteiger partial charge in [-0.25, -0.2) is 15.0 Å². The van der Waals surface area contributed by atoms with Gasteiger partial charge in [-0.2, -0.15) is 0 Å². The van der Waals surface area contributed by atoms with Gasteiger partial charge in [0.2, 0.25) is 5.95 Å². The quantitative estimate of drug-likeness (QED) is 0.513. The number of aryl methyl sites for hydroxylation is 1. The summed E-state index contributed by atoms with van der Waals surface area (Å²) in [5.74, 6) is 2.12. The van der Waals surface area contributed by atoms with E-state index in [1.54, 1.807) is 17.5 Å². The number of para-hydroxylation sites is 1. The van der Waals surface area contributed by atoms with Gasteiger partial charge in [0.25, 0.3) is 0 Å². The summed E-state index contributed by atoms with van der Waals surface area (Å²) in [7, 11) is 0. The Morgan fingerprint density at radius 1 is 0.885 bits per heavy atom. The molecule has 0 saturated heterocycles. The van der Waals surface area contributed by atoms with Crippen LogP contribution >= 0.6 is 11.3 Å². The molecule has 26 heavy (non-hydrogen) atoms. The molecular formula is C20H16N4OS. The molecule has 0 atom stereocenters. The third-order valence-corrected chi connectivity index (χ3v) is 4.52. The van der Waals surface area contributed by atoms with Crippen molar-refractivity contribution in [3.63, 3.8) is 0 Å². The van der Waals surface area contributed by atoms with Crippen LogP contribution in [0.5, 0.6) is 11.5 Å². The second-order valence-corrected chi connectivity index (χ2v) is 6.84. The lowest BCUT2D eigenvalue weighted by Crippen LogP contribution is -1.97. The van der Waals surface area contributed by atoms with Crippen LogP contribution in [0, 0.1) is 6.92 Å². The van der Waals surface area contributed by atoms with Gasteiger partial charge in [0, 0.05) is 23.0 Å². The van der Waals surface area contributed by atoms with E-state index in [1.165, 1.54) is 0 Å². The minimum atomic E-state index is 0.534. The number of ether oxygens (including phenoxy) is 1. The zero-order valence-electron chi connectivity index (χ0n) is 14.1. The fraction of sp³-hybridized carbons (Fsp3) is 0.0500. The topological polar surface area (TPSA) is 59.9 Å². The number of rotatable bonds is 5. The number of aromatic nitrogens is 3. The van der Waals surface area contributed by atoms with Gasteiger partial charge < -0.3 is 10.1 Å². The lowest BCUT2D eigenvalue weighted by molar-refractivity contribution is 0.483. The maximum atomic E-state index is 5.80. The molecule has 0 spiro atoms. The highest BCUT2D eigenvalue weighted by Crippen LogP contribution is 2.25. The Balaban J connectivity index is 1.47. The summed E-state index contributed by atoms with van der Waals surface area (Å²) in [6.45, 7) is 2.03. The average Bonchev–Trinajstić information content (AvgIpc) is 3.11. The Bertz CT molecular complexity index is 1000. The van der Waals surface area contributed by atoms with Gasteiger partial charge >= 0.3 is 0 Å². The molecule has 0 bridgehead atoms. The number of benzene rings is 2. The number of hydrogen-bond donors (Lipinski definition) is 1. The molecule has 128 valence electrons. The van der Waals surface area contributed by atoms with Crippen LogP contribution < -0.4 is 10.1 Å². The summed E-state index contributed by atoms with van der Waals surface area (Å²) < 4.78 is 5.80. The van der Waals surface area contributed by atoms with E-state index in [0.717, 1.165) is 32.8 Å². The molecule has 5 nitrogen and oxygen atoms in total. The molecule has 2 heterocycles. The fourth-order valence-electron chi connectivity index (χ4n) is 2.37. The largest absolute Gasteiger partial charge is 0.457 e. The van der Waals surface area contributed by atoms with Crippen LogP contribution in [0.15, 0.2) is 73.1 Å². The minimum Gasteiger partial charge on any atom is -0.457 e. The Kier molecular flexibility index (Phi) is 4.57. The SMILES string of the molecule is Cc1cnc(-c2ccnc(Nc3ccc(Oc4ccccc4)cc3)n2)s1. The second-order valence-electron chi connectivity index (χ2n) is 5.61. The minimum absolute atomic E-state index is 0.534. The number of thiazole rings is 1. The van der Waals surface area contributed by atoms with Crippen LogP contribution in [0.3, 0.4) is 0 Å². The van der Waals surface area contributed by atoms with Crippen molar-refractivity contribution < 1.29 is 4.74 Å². The molecule has 0 aliphatic heterocycles. The second kappa shape index (κ2) is 7.33. The molecule has 0 aliphatic carbocycles. The third-order valence-electron chi connectivity index (χ3n) is 3.59. The van der Waals surface area contributed by atoms with Gasteiger partial charge in [-0.05, 0) is 49.4 Å². The van der Waals surface area contributed by atoms with E-state index in [0.29, 0.717) is 5.95 Å². The Morgan fingerprint density at radius 3 is 2.38 bits per heavy atom. The highest BCUT2D eigenvalue weighted by atomic mass is 32.1. The predicted octanol–water partition coefficient (Wildman–Crippen LogP) is 5.44. The first-order chi connectivity index (χ1) is 12.8. The van der Waals surface area contributed by atoms with E-state index in [1.807, 2.05) is 73.8 Å². The van der Waals surface area contributed by atoms with Crippen LogP contribution in [0.25, 0.3) is 10.7 Å². The van der Waals surface area contributed by atoms with E-state index >= 15 is 0 Å². The van der Waals surface area contributed by atoms with Crippen molar-refractivity contribution >= 4 is 23.0 Å². The molecule has 1 N–H and O–H groups in total. The van der Waals surface area contributed by atoms with Gasteiger partial charge in [-0.3, -0.25) is 0 Å². The Hall–Kier alpha value is -3.25. The van der Waals surface area contributed by atoms with Crippen molar-refractivity contribution in [1.82, 2.24) is 15.0 Å². The molecule has 2 aromatic heterocycles. The molecule has 4 aromatic rings. The number of hydrogen-bond acceptors (Lipinski definition) is 6. The summed E-state index contributed by atoms with van der Waals surface area (Å²) in [4.78, 5) is 14.3. The number of nitrogens with one attached hydrogen (secondary N) is 1. The summed E-state index contributed by atoms with van der Waals surface area (Å²) in [6, 6.07) is 19.2. The zero-order chi connectivity index (χ0) is 17.8. The van der Waals surface area contributed by atoms with E-state index in [2.05, 4.69) is 20.3 Å². The van der Waals surface area contributed by atoms with Crippen molar-refractivity contribution in [2.45, 2.75) is 6.92 Å². The molecule has 0 aliphatic rings. The van der Waals surface area contributed by atoms with E-state index < -0.39 is 0 Å². The van der Waals surface area contributed by atoms with Crippen LogP contribution in [-0.4, -0.2) is 15.0 Å². The summed E-state index contributed by atoms with van der Waals surface area (Å²) >= 11 is 1.61. The predicted molar refractivity (Wildman–Crippen MR) is 104 cm³/mol. The molecule has 0 unspecified atom stereocenters. The van der Waals surface area contributed by atoms with Crippen molar-refractivity contribution in [3.8, 4) is 22.2 Å². The third kappa shape index (κ3) is 3.87. The molecule has 4 rings (SSSR count). The van der Waals surface area contributed by atoms with Gasteiger partial charge in [0.15, 0.2) is 0 Å². The van der Waals surface area contributed by atoms with Gasteiger partial charge in [0.1, 0.15) is 22.2 Å². The van der Waals surface area contributed by atoms with Crippen molar-refractivity contribution in [2.75, 3.05) is 5.32 Å². The summed E-state index contributed by atoms with van der Waals surface area (Å²) in [6.07, 6.45) is 3.58. The molecule has 0 radical (unpaired) electrons. The summed E-state index contributed by atoms with van der Waals surface area (Å²) in [5, 5.41) is 4.10. The molecule has 0 amide bonds. The molecular weight excluding hydrogens is 344 g/mol. The fourth-order valence-corrected chi connectivity index (χ4v) is 3.11. The van der Waals surface area contributed by atoms with Gasteiger partial charge in [-0.15, -0.1) is 11.3 Å². The van der Waals surface area contributed by atoms with E-state index in [-0.39, 0.29) is 0 Å². The molecule has 0 fully saturated rings. The van der Waals surface area contributed by atoms with Gasteiger partial charge in [-0.1, -0.05) is 18.2 Å². The normalized spacial score (nSPS) is 10.5. The summed E-state index contributed by atoms with van der Waals surface area (Å²) in [5.41, 5.74) is 1.70. The molecule has 2 aromatic carbocycles. The van der Waals surface area contributed by atoms with Crippen LogP contribution in [-0.2, 0) is 0 Å². The van der Waals surface area contributed by atoms with E-state index in [9.17, 15) is 0 Å². The van der Waals surface area contributed by atoms with Crippen LogP contribution in [0.1, 0.15) is 4.88 Å². The number of anilines is 2. The first-order valence-electron chi connectivity index (χ1n) is 8.12. The zero-order valence-corrected chi connectivity index (χ0v) is 14.9. The lowest BCUT2D eigenvalue weighted by Gasteiger charge is -2.08. The Labute approximate surface area is 155 Å². The highest BCUT2D eigenvalue weighted by molar-refractivity contribution is 7.14. The maximum absolute atomic E-state index is 5.80. The van der Waals surface area contributed by atoms with Crippen LogP contribution in [0.4, 0.5) is 11.6 Å². The molecule has 6 heteroatoms. The molecule has 0 saturated carbocycles. The van der Waals surface area contributed by atoms with E-state index in [4.69, 9.17) is 4.74 Å². The first-order valence-corrected chi connectivity index (χ1v) is 8.94. The standard InChI is InChI=1S/C20H16N4OS/c1-14-13-22-19(26-14)18-11-12-21-20(24-18)23-15-7-9-17(10-8-15)25-16-5-3-2-4-6-16/h2-13H,1H3,(H,21,23,24). The van der Waals surface area contributed by atoms with Crippen molar-refractivity contribution in [2.24, 2.45) is 0 Å². The highest BCUT2D eigenvalue weighted by Gasteiger charge is 2.06. The van der Waals surface area contributed by atoms with Crippen LogP contribution in [0.2, 0.25) is 0 Å². The monoisotopic (exact) mass is 360 g/mol. The first kappa shape index (κ1) is 16.2. The van der Waals surface area contributed by atoms with Crippen molar-refractivity contribution in [1.29, 1.82) is 0 Å². The smallest absolute Gasteiger partial charge is 0.227 e. The van der Waals surface area contributed by atoms with Gasteiger partial charge in [0.05, 0.1) is 0 Å². The number of nitrogens with zero attached hydrogens (tertiary/aromatic N) is 3. The average molecular weight is 360 g/mol. The Morgan fingerprint density at radius 2 is 1.65 bits per heavy atom. The maximum Gasteiger partial charge on any atom is 0.227 e. The lowest BCUT2D eigenvalue weighted by atomic mass is 10.3. The van der Waals surface area contributed by atoms with Crippen molar-refractivity contribution in [3.05, 3.63) is 77.9 Å².